The first-order valence-corrected chi connectivity index (χ1v) is 9.37. The molecule has 134 valence electrons. The largest absolute Gasteiger partial charge is 0.369 e. The topological polar surface area (TPSA) is 89.9 Å². The number of piperidine rings is 1. The lowest BCUT2D eigenvalue weighted by atomic mass is 9.93. The predicted octanol–water partition coefficient (Wildman–Crippen LogP) is 2.07. The van der Waals surface area contributed by atoms with Crippen molar-refractivity contribution in [3.63, 3.8) is 0 Å². The molecular formula is C17H30N6O. The third-order valence-electron chi connectivity index (χ3n) is 5.55. The average Bonchev–Trinajstić information content (AvgIpc) is 3.23. The van der Waals surface area contributed by atoms with Crippen LogP contribution in [0.2, 0.25) is 0 Å². The van der Waals surface area contributed by atoms with Crippen molar-refractivity contribution in [1.29, 1.82) is 0 Å². The monoisotopic (exact) mass is 334 g/mol. The standard InChI is InChI=1S/C17H30N6O/c1-12(2)11-15(22-9-7-13(8-10-22)16(18)24)17-19-20-21-23(17)14-5-3-4-6-14/h12-15H,3-11H2,1-2H3,(H2,18,24)/t15-/m1/s1. The third kappa shape index (κ3) is 3.77. The molecule has 1 aromatic rings. The van der Waals surface area contributed by atoms with Crippen LogP contribution in [-0.2, 0) is 4.79 Å². The van der Waals surface area contributed by atoms with Crippen LogP contribution in [0.4, 0.5) is 0 Å². The fourth-order valence-electron chi connectivity index (χ4n) is 4.19. The Bertz CT molecular complexity index is 543. The Labute approximate surface area is 144 Å². The smallest absolute Gasteiger partial charge is 0.220 e. The first-order valence-electron chi connectivity index (χ1n) is 9.37. The van der Waals surface area contributed by atoms with Gasteiger partial charge in [-0.25, -0.2) is 4.68 Å². The van der Waals surface area contributed by atoms with Gasteiger partial charge in [0, 0.05) is 5.92 Å². The minimum atomic E-state index is -0.161. The maximum Gasteiger partial charge on any atom is 0.220 e. The minimum absolute atomic E-state index is 0.0202. The first-order chi connectivity index (χ1) is 11.6. The molecule has 2 aliphatic rings. The van der Waals surface area contributed by atoms with Crippen molar-refractivity contribution < 1.29 is 4.79 Å². The number of nitrogens with zero attached hydrogens (tertiary/aromatic N) is 5. The molecular weight excluding hydrogens is 304 g/mol. The first kappa shape index (κ1) is 17.3. The highest BCUT2D eigenvalue weighted by atomic mass is 16.1. The molecule has 0 radical (unpaired) electrons. The van der Waals surface area contributed by atoms with Gasteiger partial charge in [-0.15, -0.1) is 5.10 Å². The Balaban J connectivity index is 1.77. The van der Waals surface area contributed by atoms with Gasteiger partial charge >= 0.3 is 0 Å². The lowest BCUT2D eigenvalue weighted by Gasteiger charge is -2.37. The summed E-state index contributed by atoms with van der Waals surface area (Å²) in [5.41, 5.74) is 5.48. The van der Waals surface area contributed by atoms with Crippen LogP contribution in [0, 0.1) is 11.8 Å². The molecule has 2 fully saturated rings. The SMILES string of the molecule is CC(C)C[C@H](c1nnnn1C1CCCC1)N1CCC(C(N)=O)CC1. The van der Waals surface area contributed by atoms with Gasteiger partial charge in [0.1, 0.15) is 0 Å². The number of rotatable bonds is 6. The van der Waals surface area contributed by atoms with Crippen LogP contribution in [0.15, 0.2) is 0 Å². The maximum absolute atomic E-state index is 11.4. The van der Waals surface area contributed by atoms with E-state index in [0.717, 1.165) is 38.2 Å². The van der Waals surface area contributed by atoms with Crippen molar-refractivity contribution in [2.75, 3.05) is 13.1 Å². The molecule has 1 aliphatic carbocycles. The Kier molecular flexibility index (Phi) is 5.48. The van der Waals surface area contributed by atoms with Crippen LogP contribution < -0.4 is 5.73 Å². The molecule has 24 heavy (non-hydrogen) atoms. The lowest BCUT2D eigenvalue weighted by molar-refractivity contribution is -0.123. The van der Waals surface area contributed by atoms with Gasteiger partial charge in [-0.1, -0.05) is 26.7 Å². The summed E-state index contributed by atoms with van der Waals surface area (Å²) in [7, 11) is 0. The van der Waals surface area contributed by atoms with Gasteiger partial charge in [-0.2, -0.15) is 0 Å². The van der Waals surface area contributed by atoms with E-state index in [2.05, 4.69) is 39.0 Å². The maximum atomic E-state index is 11.4. The summed E-state index contributed by atoms with van der Waals surface area (Å²) in [5, 5.41) is 12.7. The van der Waals surface area contributed by atoms with Crippen molar-refractivity contribution in [3.8, 4) is 0 Å². The molecule has 2 N–H and O–H groups in total. The second-order valence-corrected chi connectivity index (χ2v) is 7.78. The van der Waals surface area contributed by atoms with Gasteiger partial charge in [0.05, 0.1) is 12.1 Å². The van der Waals surface area contributed by atoms with E-state index < -0.39 is 0 Å². The molecule has 0 aromatic carbocycles. The number of likely N-dealkylation sites (tertiary alicyclic amines) is 1. The van der Waals surface area contributed by atoms with E-state index in [1.807, 2.05) is 0 Å². The van der Waals surface area contributed by atoms with Crippen LogP contribution in [-0.4, -0.2) is 44.1 Å². The molecule has 1 amide bonds. The van der Waals surface area contributed by atoms with Crippen molar-refractivity contribution >= 4 is 5.91 Å². The fraction of sp³-hybridized carbons (Fsp3) is 0.882. The second kappa shape index (κ2) is 7.59. The summed E-state index contributed by atoms with van der Waals surface area (Å²) >= 11 is 0. The highest BCUT2D eigenvalue weighted by molar-refractivity contribution is 5.76. The summed E-state index contributed by atoms with van der Waals surface area (Å²) < 4.78 is 2.08. The Morgan fingerprint density at radius 1 is 1.21 bits per heavy atom. The molecule has 0 unspecified atom stereocenters. The van der Waals surface area contributed by atoms with E-state index in [1.165, 1.54) is 25.7 Å². The van der Waals surface area contributed by atoms with E-state index >= 15 is 0 Å². The molecule has 3 rings (SSSR count). The molecule has 1 aliphatic heterocycles. The molecule has 2 heterocycles. The van der Waals surface area contributed by atoms with Crippen LogP contribution in [0.3, 0.4) is 0 Å². The van der Waals surface area contributed by atoms with Gasteiger partial charge in [0.2, 0.25) is 5.91 Å². The molecule has 7 heteroatoms. The number of aromatic nitrogens is 4. The van der Waals surface area contributed by atoms with Crippen LogP contribution in [0.5, 0.6) is 0 Å². The van der Waals surface area contributed by atoms with Gasteiger partial charge in [-0.05, 0) is 61.5 Å². The van der Waals surface area contributed by atoms with E-state index in [0.29, 0.717) is 12.0 Å². The van der Waals surface area contributed by atoms with Crippen molar-refractivity contribution in [1.82, 2.24) is 25.1 Å². The van der Waals surface area contributed by atoms with Crippen LogP contribution >= 0.6 is 0 Å². The zero-order valence-corrected chi connectivity index (χ0v) is 14.9. The zero-order valence-electron chi connectivity index (χ0n) is 14.9. The quantitative estimate of drug-likeness (QED) is 0.860. The van der Waals surface area contributed by atoms with Gasteiger partial charge in [0.15, 0.2) is 5.82 Å². The van der Waals surface area contributed by atoms with Crippen molar-refractivity contribution in [3.05, 3.63) is 5.82 Å². The Morgan fingerprint density at radius 3 is 2.46 bits per heavy atom. The van der Waals surface area contributed by atoms with Crippen LogP contribution in [0.1, 0.15) is 76.7 Å². The van der Waals surface area contributed by atoms with Gasteiger partial charge in [0.25, 0.3) is 0 Å². The predicted molar refractivity (Wildman–Crippen MR) is 91.0 cm³/mol. The van der Waals surface area contributed by atoms with Crippen molar-refractivity contribution in [2.45, 2.75) is 70.9 Å². The summed E-state index contributed by atoms with van der Waals surface area (Å²) in [6.07, 6.45) is 7.61. The Hall–Kier alpha value is -1.50. The van der Waals surface area contributed by atoms with E-state index in [9.17, 15) is 4.79 Å². The van der Waals surface area contributed by atoms with Gasteiger partial charge < -0.3 is 5.73 Å². The summed E-state index contributed by atoms with van der Waals surface area (Å²) in [6, 6.07) is 0.683. The number of hydrogen-bond donors (Lipinski definition) is 1. The van der Waals surface area contributed by atoms with E-state index in [1.54, 1.807) is 0 Å². The highest BCUT2D eigenvalue weighted by Gasteiger charge is 2.33. The number of carbonyl (C=O) groups excluding carboxylic acids is 1. The van der Waals surface area contributed by atoms with Crippen LogP contribution in [0.25, 0.3) is 0 Å². The normalized spacial score (nSPS) is 22.3. The molecule has 1 saturated carbocycles. The molecule has 1 atom stereocenters. The summed E-state index contributed by atoms with van der Waals surface area (Å²) in [5.74, 6) is 1.43. The molecule has 0 bridgehead atoms. The minimum Gasteiger partial charge on any atom is -0.369 e. The summed E-state index contributed by atoms with van der Waals surface area (Å²) in [4.78, 5) is 13.9. The molecule has 1 aromatic heterocycles. The Morgan fingerprint density at radius 2 is 1.88 bits per heavy atom. The number of nitrogens with two attached hydrogens (primary N) is 1. The number of carbonyl (C=O) groups is 1. The number of tetrazole rings is 1. The average molecular weight is 334 g/mol. The van der Waals surface area contributed by atoms with E-state index in [4.69, 9.17) is 5.73 Å². The zero-order chi connectivity index (χ0) is 17.1. The fourth-order valence-corrected chi connectivity index (χ4v) is 4.19. The van der Waals surface area contributed by atoms with Crippen molar-refractivity contribution in [2.24, 2.45) is 17.6 Å². The number of amides is 1. The summed E-state index contributed by atoms with van der Waals surface area (Å²) in [6.45, 7) is 6.27. The number of primary amides is 1. The third-order valence-corrected chi connectivity index (χ3v) is 5.55. The lowest BCUT2D eigenvalue weighted by Crippen LogP contribution is -2.41. The molecule has 0 spiro atoms. The molecule has 7 nitrogen and oxygen atoms in total. The van der Waals surface area contributed by atoms with E-state index in [-0.39, 0.29) is 17.9 Å². The number of hydrogen-bond acceptors (Lipinski definition) is 5. The highest BCUT2D eigenvalue weighted by Crippen LogP contribution is 2.35. The molecule has 1 saturated heterocycles. The van der Waals surface area contributed by atoms with Gasteiger partial charge in [-0.3, -0.25) is 9.69 Å². The second-order valence-electron chi connectivity index (χ2n) is 7.78.